The van der Waals surface area contributed by atoms with E-state index < -0.39 is 52.6 Å². The van der Waals surface area contributed by atoms with Crippen LogP contribution in [-0.2, 0) is 25.6 Å². The third-order valence-electron chi connectivity index (χ3n) is 10.8. The van der Waals surface area contributed by atoms with Crippen molar-refractivity contribution in [1.29, 1.82) is 0 Å². The molecular weight excluding hydrogens is 787 g/mol. The monoisotopic (exact) mass is 814 g/mol. The highest BCUT2D eigenvalue weighted by molar-refractivity contribution is 9.13. The third kappa shape index (κ3) is 5.04. The number of amides is 4. The average molecular weight is 817 g/mol. The number of anilines is 1. The number of carbonyl (C=O) groups is 4. The number of halogens is 4. The second-order valence-corrected chi connectivity index (χ2v) is 15.1. The predicted octanol–water partition coefficient (Wildman–Crippen LogP) is 6.90. The maximum Gasteiger partial charge on any atom is 0.241 e. The van der Waals surface area contributed by atoms with Gasteiger partial charge in [-0.1, -0.05) is 35.4 Å². The van der Waals surface area contributed by atoms with E-state index in [4.69, 9.17) is 16.3 Å². The molecule has 2 N–H and O–H groups in total. The summed E-state index contributed by atoms with van der Waals surface area (Å²) in [7, 11) is 1.40. The Morgan fingerprint density at radius 1 is 0.980 bits per heavy atom. The minimum absolute atomic E-state index is 0.117. The highest BCUT2D eigenvalue weighted by Crippen LogP contribution is 2.65. The van der Waals surface area contributed by atoms with Crippen molar-refractivity contribution in [2.24, 2.45) is 29.1 Å². The molecule has 2 aliphatic heterocycles. The van der Waals surface area contributed by atoms with Crippen molar-refractivity contribution in [3.8, 4) is 17.2 Å². The summed E-state index contributed by atoms with van der Waals surface area (Å²) in [5.41, 5.74) is 0.892. The number of aromatic hydroxyl groups is 2. The number of hydrogen-bond acceptors (Lipinski definition) is 7. The third-order valence-corrected chi connectivity index (χ3v) is 13.2. The number of fused-ring (bicyclic) bond motifs is 4. The molecule has 3 aromatic rings. The Hall–Kier alpha value is -3.74. The van der Waals surface area contributed by atoms with Gasteiger partial charge in [0.1, 0.15) is 11.6 Å². The summed E-state index contributed by atoms with van der Waals surface area (Å²) in [6, 6.07) is 11.9. The largest absolute Gasteiger partial charge is 0.508 e. The Kier molecular flexibility index (Phi) is 8.43. The summed E-state index contributed by atoms with van der Waals surface area (Å²) >= 11 is 13.1. The van der Waals surface area contributed by atoms with E-state index in [9.17, 15) is 33.8 Å². The number of benzene rings is 3. The van der Waals surface area contributed by atoms with Crippen molar-refractivity contribution in [3.05, 3.63) is 91.1 Å². The van der Waals surface area contributed by atoms with E-state index >= 15 is 0 Å². The van der Waals surface area contributed by atoms with Gasteiger partial charge < -0.3 is 14.9 Å². The fourth-order valence-electron chi connectivity index (χ4n) is 8.40. The van der Waals surface area contributed by atoms with Gasteiger partial charge in [0.15, 0.2) is 11.5 Å². The van der Waals surface area contributed by atoms with E-state index in [0.717, 1.165) is 22.1 Å². The first-order valence-corrected chi connectivity index (χ1v) is 17.7. The second-order valence-electron chi connectivity index (χ2n) is 13.1. The summed E-state index contributed by atoms with van der Waals surface area (Å²) in [6.07, 6.45) is 2.74. The Balaban J connectivity index is 1.34. The molecule has 9 nitrogen and oxygen atoms in total. The van der Waals surface area contributed by atoms with Crippen LogP contribution >= 0.6 is 43.5 Å². The van der Waals surface area contributed by atoms with Crippen molar-refractivity contribution in [1.82, 2.24) is 4.90 Å². The molecule has 6 unspecified atom stereocenters. The molecule has 7 rings (SSSR count). The zero-order valence-electron chi connectivity index (χ0n) is 26.3. The second kappa shape index (κ2) is 12.2. The van der Waals surface area contributed by atoms with Crippen molar-refractivity contribution in [2.45, 2.75) is 32.1 Å². The summed E-state index contributed by atoms with van der Waals surface area (Å²) < 4.78 is 20.4. The van der Waals surface area contributed by atoms with Crippen LogP contribution in [0, 0.1) is 34.9 Å². The summed E-state index contributed by atoms with van der Waals surface area (Å²) in [5, 5.41) is 20.2. The summed E-state index contributed by atoms with van der Waals surface area (Å²) in [6.45, 7) is 1.88. The molecule has 3 fully saturated rings. The van der Waals surface area contributed by atoms with Gasteiger partial charge in [-0.15, -0.1) is 0 Å². The van der Waals surface area contributed by atoms with E-state index in [-0.39, 0.29) is 63.6 Å². The fraction of sp³-hybridized carbons (Fsp3) is 0.333. The van der Waals surface area contributed by atoms with Gasteiger partial charge in [0.2, 0.25) is 23.6 Å². The van der Waals surface area contributed by atoms with Gasteiger partial charge in [-0.2, -0.15) is 0 Å². The molecule has 2 aliphatic carbocycles. The first-order valence-electron chi connectivity index (χ1n) is 15.7. The highest BCUT2D eigenvalue weighted by Gasteiger charge is 2.68. The van der Waals surface area contributed by atoms with Gasteiger partial charge in [-0.3, -0.25) is 24.1 Å². The van der Waals surface area contributed by atoms with Crippen molar-refractivity contribution >= 4 is 72.8 Å². The van der Waals surface area contributed by atoms with Crippen LogP contribution in [0.2, 0.25) is 5.02 Å². The number of methoxy groups -OCH3 is 1. The number of carbonyl (C=O) groups excluding carboxylic acids is 4. The van der Waals surface area contributed by atoms with Crippen molar-refractivity contribution in [3.63, 3.8) is 0 Å². The molecular formula is C36H30Br2ClFN2O7. The number of allylic oxidation sites excluding steroid dienone is 2. The molecule has 2 saturated heterocycles. The average Bonchev–Trinajstić information content (AvgIpc) is 3.44. The van der Waals surface area contributed by atoms with E-state index in [1.165, 1.54) is 24.1 Å². The first kappa shape index (κ1) is 33.7. The van der Waals surface area contributed by atoms with Crippen LogP contribution in [0.5, 0.6) is 17.2 Å². The minimum atomic E-state index is -1.39. The topological polar surface area (TPSA) is 124 Å². The van der Waals surface area contributed by atoms with Gasteiger partial charge in [0.05, 0.1) is 45.5 Å². The highest BCUT2D eigenvalue weighted by atomic mass is 79.9. The van der Waals surface area contributed by atoms with Crippen LogP contribution in [0.1, 0.15) is 36.8 Å². The molecule has 0 radical (unpaired) electrons. The van der Waals surface area contributed by atoms with Crippen LogP contribution in [0.3, 0.4) is 0 Å². The molecule has 1 saturated carbocycles. The van der Waals surface area contributed by atoms with E-state index in [2.05, 4.69) is 31.9 Å². The number of phenolic OH excluding ortho intramolecular Hbond substituents is 2. The van der Waals surface area contributed by atoms with Gasteiger partial charge in [-0.25, -0.2) is 9.29 Å². The molecule has 4 amide bonds. The van der Waals surface area contributed by atoms with Gasteiger partial charge >= 0.3 is 0 Å². The van der Waals surface area contributed by atoms with Crippen LogP contribution in [0.4, 0.5) is 10.1 Å². The Bertz CT molecular complexity index is 1990. The van der Waals surface area contributed by atoms with Gasteiger partial charge in [0.25, 0.3) is 0 Å². The predicted molar refractivity (Wildman–Crippen MR) is 185 cm³/mol. The molecule has 49 heavy (non-hydrogen) atoms. The lowest BCUT2D eigenvalue weighted by Gasteiger charge is -2.49. The molecule has 254 valence electrons. The number of likely N-dealkylation sites (tertiary alicyclic amines) is 1. The zero-order valence-corrected chi connectivity index (χ0v) is 30.2. The molecule has 6 atom stereocenters. The molecule has 13 heteroatoms. The van der Waals surface area contributed by atoms with Crippen LogP contribution in [-0.4, -0.2) is 52.4 Å². The lowest BCUT2D eigenvalue weighted by molar-refractivity contribution is -0.140. The SMILES string of the molecule is COc1cc(C2C3=CCC4C(=O)N(CCc5ccc(O)cc5)C(=O)C4C3CC3C(=O)N(c4ccc(F)c(Cl)c4)C(=O)C32C)c(Br)c(Br)c1O. The lowest BCUT2D eigenvalue weighted by atomic mass is 9.51. The summed E-state index contributed by atoms with van der Waals surface area (Å²) in [5.74, 6) is -5.89. The van der Waals surface area contributed by atoms with Gasteiger partial charge in [0, 0.05) is 16.9 Å². The van der Waals surface area contributed by atoms with Gasteiger partial charge in [-0.05, 0) is 111 Å². The normalized spacial score (nSPS) is 27.6. The summed E-state index contributed by atoms with van der Waals surface area (Å²) in [4.78, 5) is 59.4. The molecule has 2 heterocycles. The molecule has 0 aromatic heterocycles. The van der Waals surface area contributed by atoms with E-state index in [0.29, 0.717) is 16.5 Å². The van der Waals surface area contributed by atoms with Crippen LogP contribution < -0.4 is 9.64 Å². The quantitative estimate of drug-likeness (QED) is 0.205. The Morgan fingerprint density at radius 2 is 1.69 bits per heavy atom. The number of ether oxygens (including phenoxy) is 1. The maximum atomic E-state index is 14.7. The lowest BCUT2D eigenvalue weighted by Crippen LogP contribution is -2.49. The number of rotatable bonds is 6. The van der Waals surface area contributed by atoms with Crippen molar-refractivity contribution in [2.75, 3.05) is 18.6 Å². The van der Waals surface area contributed by atoms with Crippen molar-refractivity contribution < 1.29 is 38.5 Å². The maximum absolute atomic E-state index is 14.7. The Labute approximate surface area is 302 Å². The fourth-order valence-corrected chi connectivity index (χ4v) is 9.53. The molecule has 0 spiro atoms. The number of phenols is 2. The van der Waals surface area contributed by atoms with E-state index in [1.54, 1.807) is 37.3 Å². The standard InChI is InChI=1S/C36H30Br2ClFN2O7/c1-36-23(33(46)42(35(36)48)17-5-10-25(40)24(39)13-17)14-21-19(28(36)22-15-26(49-2)31(44)30(38)29(22)37)8-9-20-27(21)34(47)41(32(20)45)12-11-16-3-6-18(43)7-4-16/h3-8,10,13,15,20-21,23,27-28,43-44H,9,11-12,14H2,1-2H3. The zero-order chi connectivity index (χ0) is 35.1. The molecule has 3 aromatic carbocycles. The first-order chi connectivity index (χ1) is 23.3. The van der Waals surface area contributed by atoms with E-state index in [1.807, 2.05) is 6.08 Å². The minimum Gasteiger partial charge on any atom is -0.508 e. The van der Waals surface area contributed by atoms with Crippen LogP contribution in [0.15, 0.2) is 69.1 Å². The van der Waals surface area contributed by atoms with Crippen LogP contribution in [0.25, 0.3) is 0 Å². The number of nitrogens with zero attached hydrogens (tertiary/aromatic N) is 2. The number of hydrogen-bond donors (Lipinski definition) is 2. The molecule has 4 aliphatic rings. The number of imide groups is 2. The Morgan fingerprint density at radius 3 is 2.37 bits per heavy atom. The smallest absolute Gasteiger partial charge is 0.241 e. The molecule has 0 bridgehead atoms.